The molecule has 0 unspecified atom stereocenters. The van der Waals surface area contributed by atoms with Crippen LogP contribution in [0, 0.1) is 0 Å². The van der Waals surface area contributed by atoms with Crippen molar-refractivity contribution in [1.82, 2.24) is 29.5 Å². The molecule has 8 nitrogen and oxygen atoms in total. The molecule has 4 aromatic heterocycles. The Bertz CT molecular complexity index is 1080. The minimum atomic E-state index is 0.387. The molecule has 4 aromatic rings. The van der Waals surface area contributed by atoms with E-state index >= 15 is 0 Å². The van der Waals surface area contributed by atoms with Crippen molar-refractivity contribution >= 4 is 22.6 Å². The molecule has 5 rings (SSSR count). The lowest BCUT2D eigenvalue weighted by Gasteiger charge is -2.28. The minimum absolute atomic E-state index is 0.387. The van der Waals surface area contributed by atoms with E-state index in [1.54, 1.807) is 17.8 Å². The number of hydrogen-bond donors (Lipinski definition) is 2. The first-order valence-electron chi connectivity index (χ1n) is 9.24. The molecule has 0 aromatic carbocycles. The molecule has 0 atom stereocenters. The van der Waals surface area contributed by atoms with Gasteiger partial charge in [0.25, 0.3) is 0 Å². The van der Waals surface area contributed by atoms with Crippen LogP contribution in [0.1, 0.15) is 25.7 Å². The van der Waals surface area contributed by atoms with Gasteiger partial charge in [0, 0.05) is 48.9 Å². The fourth-order valence-electron chi connectivity index (χ4n) is 3.77. The van der Waals surface area contributed by atoms with Crippen LogP contribution in [0.25, 0.3) is 27.9 Å². The van der Waals surface area contributed by atoms with Gasteiger partial charge in [-0.2, -0.15) is 10.1 Å². The summed E-state index contributed by atoms with van der Waals surface area (Å²) in [5, 5.41) is 9.03. The van der Waals surface area contributed by atoms with E-state index in [4.69, 9.17) is 4.74 Å². The van der Waals surface area contributed by atoms with Crippen LogP contribution in [0.4, 0.5) is 5.95 Å². The standard InChI is InChI=1S/C19H21N7O/c1-27-13-4-2-12(3-5-13)23-19-22-11-15-14(10-21-18(15)24-19)16-6-7-17-20-8-9-26(17)25-16/h6-13H,2-5H2,1H3,(H2,21,22,23,24). The van der Waals surface area contributed by atoms with E-state index in [2.05, 4.69) is 30.4 Å². The van der Waals surface area contributed by atoms with Gasteiger partial charge in [0.2, 0.25) is 5.95 Å². The molecule has 4 heterocycles. The first kappa shape index (κ1) is 16.2. The number of nitrogens with zero attached hydrogens (tertiary/aromatic N) is 5. The highest BCUT2D eigenvalue weighted by Gasteiger charge is 2.21. The number of aromatic nitrogens is 6. The average molecular weight is 363 g/mol. The molecule has 0 aliphatic heterocycles. The zero-order valence-corrected chi connectivity index (χ0v) is 15.1. The lowest BCUT2D eigenvalue weighted by atomic mass is 9.93. The quantitative estimate of drug-likeness (QED) is 0.579. The molecule has 1 fully saturated rings. The first-order valence-corrected chi connectivity index (χ1v) is 9.24. The van der Waals surface area contributed by atoms with Crippen molar-refractivity contribution in [3.63, 3.8) is 0 Å². The topological polar surface area (TPSA) is 93.0 Å². The van der Waals surface area contributed by atoms with Crippen LogP contribution in [0.2, 0.25) is 0 Å². The van der Waals surface area contributed by atoms with Gasteiger partial charge in [0.15, 0.2) is 5.65 Å². The number of nitrogens with one attached hydrogen (secondary N) is 2. The number of H-pyrrole nitrogens is 1. The second-order valence-electron chi connectivity index (χ2n) is 6.96. The van der Waals surface area contributed by atoms with Crippen molar-refractivity contribution in [2.75, 3.05) is 12.4 Å². The van der Waals surface area contributed by atoms with Gasteiger partial charge >= 0.3 is 0 Å². The molecular weight excluding hydrogens is 342 g/mol. The molecule has 0 bridgehead atoms. The van der Waals surface area contributed by atoms with E-state index in [1.807, 2.05) is 30.7 Å². The normalized spacial score (nSPS) is 20.3. The highest BCUT2D eigenvalue weighted by Crippen LogP contribution is 2.27. The number of fused-ring (bicyclic) bond motifs is 2. The molecule has 0 amide bonds. The smallest absolute Gasteiger partial charge is 0.224 e. The van der Waals surface area contributed by atoms with Gasteiger partial charge in [-0.05, 0) is 37.8 Å². The third-order valence-corrected chi connectivity index (χ3v) is 5.30. The molecule has 8 heteroatoms. The fraction of sp³-hybridized carbons (Fsp3) is 0.368. The van der Waals surface area contributed by atoms with E-state index in [1.165, 1.54) is 0 Å². The molecule has 1 aliphatic rings. The monoisotopic (exact) mass is 363 g/mol. The van der Waals surface area contributed by atoms with Gasteiger partial charge in [-0.3, -0.25) is 0 Å². The lowest BCUT2D eigenvalue weighted by Crippen LogP contribution is -2.29. The van der Waals surface area contributed by atoms with Crippen molar-refractivity contribution in [2.24, 2.45) is 0 Å². The Morgan fingerprint density at radius 3 is 2.93 bits per heavy atom. The Balaban J connectivity index is 1.39. The van der Waals surface area contributed by atoms with E-state index in [0.29, 0.717) is 18.1 Å². The number of ether oxygens (including phenoxy) is 1. The Morgan fingerprint density at radius 2 is 2.07 bits per heavy atom. The zero-order chi connectivity index (χ0) is 18.2. The van der Waals surface area contributed by atoms with Crippen molar-refractivity contribution < 1.29 is 4.74 Å². The van der Waals surface area contributed by atoms with Gasteiger partial charge in [-0.15, -0.1) is 0 Å². The lowest BCUT2D eigenvalue weighted by molar-refractivity contribution is 0.0681. The molecule has 0 spiro atoms. The number of methoxy groups -OCH3 is 1. The maximum Gasteiger partial charge on any atom is 0.224 e. The van der Waals surface area contributed by atoms with Crippen LogP contribution in [0.15, 0.2) is 36.9 Å². The number of anilines is 1. The van der Waals surface area contributed by atoms with Crippen LogP contribution in [0.5, 0.6) is 0 Å². The van der Waals surface area contributed by atoms with Gasteiger partial charge < -0.3 is 15.0 Å². The molecule has 27 heavy (non-hydrogen) atoms. The predicted octanol–water partition coefficient (Wildman–Crippen LogP) is 3.04. The summed E-state index contributed by atoms with van der Waals surface area (Å²) in [6.07, 6.45) is 12.0. The maximum absolute atomic E-state index is 5.44. The molecule has 138 valence electrons. The third-order valence-electron chi connectivity index (χ3n) is 5.30. The fourth-order valence-corrected chi connectivity index (χ4v) is 3.77. The Hall–Kier alpha value is -3.00. The van der Waals surface area contributed by atoms with Crippen molar-refractivity contribution in [1.29, 1.82) is 0 Å². The van der Waals surface area contributed by atoms with Crippen molar-refractivity contribution in [3.05, 3.63) is 36.9 Å². The van der Waals surface area contributed by atoms with E-state index in [-0.39, 0.29) is 0 Å². The molecule has 2 N–H and O–H groups in total. The molecule has 1 saturated carbocycles. The molecular formula is C19H21N7O. The van der Waals surface area contributed by atoms with Crippen molar-refractivity contribution in [2.45, 2.75) is 37.8 Å². The molecule has 1 aliphatic carbocycles. The number of hydrogen-bond acceptors (Lipinski definition) is 6. The average Bonchev–Trinajstić information content (AvgIpc) is 3.34. The SMILES string of the molecule is COC1CCC(Nc2ncc3c(-c4ccc5nccn5n4)c[nH]c3n2)CC1. The Morgan fingerprint density at radius 1 is 1.19 bits per heavy atom. The Kier molecular flexibility index (Phi) is 3.97. The number of imidazole rings is 1. The summed E-state index contributed by atoms with van der Waals surface area (Å²) in [6.45, 7) is 0. The van der Waals surface area contributed by atoms with Crippen LogP contribution < -0.4 is 5.32 Å². The van der Waals surface area contributed by atoms with E-state index < -0.39 is 0 Å². The highest BCUT2D eigenvalue weighted by molar-refractivity contribution is 5.92. The van der Waals surface area contributed by atoms with Crippen LogP contribution >= 0.6 is 0 Å². The van der Waals surface area contributed by atoms with Gasteiger partial charge in [-0.25, -0.2) is 14.5 Å². The van der Waals surface area contributed by atoms with E-state index in [0.717, 1.165) is 53.6 Å². The summed E-state index contributed by atoms with van der Waals surface area (Å²) in [5.74, 6) is 0.662. The predicted molar refractivity (Wildman–Crippen MR) is 103 cm³/mol. The first-order chi connectivity index (χ1) is 13.3. The molecule has 0 radical (unpaired) electrons. The van der Waals surface area contributed by atoms with Crippen LogP contribution in [-0.4, -0.2) is 48.8 Å². The zero-order valence-electron chi connectivity index (χ0n) is 15.1. The summed E-state index contributed by atoms with van der Waals surface area (Å²) in [4.78, 5) is 16.7. The maximum atomic E-state index is 5.44. The molecule has 0 saturated heterocycles. The number of rotatable bonds is 4. The summed E-state index contributed by atoms with van der Waals surface area (Å²) >= 11 is 0. The highest BCUT2D eigenvalue weighted by atomic mass is 16.5. The second kappa shape index (κ2) is 6.62. The van der Waals surface area contributed by atoms with Gasteiger partial charge in [0.1, 0.15) is 5.65 Å². The summed E-state index contributed by atoms with van der Waals surface area (Å²) in [5.41, 5.74) is 3.46. The van der Waals surface area contributed by atoms with E-state index in [9.17, 15) is 0 Å². The van der Waals surface area contributed by atoms with Gasteiger partial charge in [0.05, 0.1) is 11.8 Å². The van der Waals surface area contributed by atoms with Crippen molar-refractivity contribution in [3.8, 4) is 11.3 Å². The summed E-state index contributed by atoms with van der Waals surface area (Å²) in [7, 11) is 1.79. The van der Waals surface area contributed by atoms with Crippen LogP contribution in [-0.2, 0) is 4.74 Å². The summed E-state index contributed by atoms with van der Waals surface area (Å²) < 4.78 is 7.20. The minimum Gasteiger partial charge on any atom is -0.381 e. The van der Waals surface area contributed by atoms with Gasteiger partial charge in [-0.1, -0.05) is 0 Å². The van der Waals surface area contributed by atoms with Crippen LogP contribution in [0.3, 0.4) is 0 Å². The third kappa shape index (κ3) is 3.02. The second-order valence-corrected chi connectivity index (χ2v) is 6.96. The Labute approximate surface area is 156 Å². The number of aromatic amines is 1. The summed E-state index contributed by atoms with van der Waals surface area (Å²) in [6, 6.07) is 4.31. The largest absolute Gasteiger partial charge is 0.381 e.